The molecular weight excluding hydrogens is 258 g/mol. The van der Waals surface area contributed by atoms with Crippen molar-refractivity contribution < 1.29 is 4.74 Å². The van der Waals surface area contributed by atoms with Crippen molar-refractivity contribution in [2.45, 2.75) is 26.0 Å². The fourth-order valence-corrected chi connectivity index (χ4v) is 2.04. The van der Waals surface area contributed by atoms with Gasteiger partial charge in [-0.3, -0.25) is 0 Å². The first-order valence-electron chi connectivity index (χ1n) is 6.34. The highest BCUT2D eigenvalue weighted by Crippen LogP contribution is 2.24. The zero-order valence-corrected chi connectivity index (χ0v) is 11.9. The third kappa shape index (κ3) is 3.72. The monoisotopic (exact) mass is 275 g/mol. The molecule has 100 valence electrons. The van der Waals surface area contributed by atoms with E-state index >= 15 is 0 Å². The van der Waals surface area contributed by atoms with E-state index in [2.05, 4.69) is 0 Å². The van der Waals surface area contributed by atoms with Crippen molar-refractivity contribution in [3.8, 4) is 5.75 Å². The number of hydrogen-bond donors (Lipinski definition) is 1. The summed E-state index contributed by atoms with van der Waals surface area (Å²) in [6, 6.07) is 15.3. The number of halogens is 1. The van der Waals surface area contributed by atoms with Crippen molar-refractivity contribution in [1.82, 2.24) is 0 Å². The van der Waals surface area contributed by atoms with Crippen molar-refractivity contribution in [1.29, 1.82) is 0 Å². The maximum Gasteiger partial charge on any atom is 0.120 e. The van der Waals surface area contributed by atoms with Crippen LogP contribution in [0.4, 0.5) is 0 Å². The second-order valence-corrected chi connectivity index (χ2v) is 5.20. The molecule has 0 saturated heterocycles. The smallest absolute Gasteiger partial charge is 0.120 e. The highest BCUT2D eigenvalue weighted by molar-refractivity contribution is 6.30. The minimum Gasteiger partial charge on any atom is -0.491 e. The molecule has 0 radical (unpaired) electrons. The normalized spacial score (nSPS) is 12.5. The van der Waals surface area contributed by atoms with E-state index in [1.54, 1.807) is 0 Å². The minimum absolute atomic E-state index is 0.155. The third-order valence-corrected chi connectivity index (χ3v) is 3.07. The standard InChI is InChI=1S/C16H18ClNO/c1-11(2)19-15-5-3-4-13(10-15)16(18)12-6-8-14(17)9-7-12/h3-11,16H,18H2,1-2H3. The Labute approximate surface area is 119 Å². The zero-order valence-electron chi connectivity index (χ0n) is 11.1. The van der Waals surface area contributed by atoms with Crippen LogP contribution >= 0.6 is 11.6 Å². The maximum absolute atomic E-state index is 6.27. The van der Waals surface area contributed by atoms with E-state index in [0.29, 0.717) is 5.02 Å². The lowest BCUT2D eigenvalue weighted by Gasteiger charge is -2.15. The van der Waals surface area contributed by atoms with E-state index < -0.39 is 0 Å². The summed E-state index contributed by atoms with van der Waals surface area (Å²) in [5.41, 5.74) is 8.33. The van der Waals surface area contributed by atoms with E-state index in [4.69, 9.17) is 22.1 Å². The van der Waals surface area contributed by atoms with Gasteiger partial charge in [0.1, 0.15) is 5.75 Å². The molecule has 2 N–H and O–H groups in total. The molecule has 0 aliphatic carbocycles. The molecule has 2 nitrogen and oxygen atoms in total. The van der Waals surface area contributed by atoms with E-state index in [1.165, 1.54) is 0 Å². The van der Waals surface area contributed by atoms with Crippen LogP contribution in [-0.4, -0.2) is 6.10 Å². The fourth-order valence-electron chi connectivity index (χ4n) is 1.92. The molecule has 2 aromatic carbocycles. The molecule has 1 atom stereocenters. The summed E-state index contributed by atoms with van der Waals surface area (Å²) < 4.78 is 5.68. The third-order valence-electron chi connectivity index (χ3n) is 2.82. The van der Waals surface area contributed by atoms with Crippen molar-refractivity contribution in [3.05, 3.63) is 64.7 Å². The van der Waals surface area contributed by atoms with Gasteiger partial charge in [-0.25, -0.2) is 0 Å². The molecule has 0 spiro atoms. The van der Waals surface area contributed by atoms with Gasteiger partial charge in [-0.1, -0.05) is 35.9 Å². The van der Waals surface area contributed by atoms with E-state index in [0.717, 1.165) is 16.9 Å². The van der Waals surface area contributed by atoms with Crippen LogP contribution < -0.4 is 10.5 Å². The number of benzene rings is 2. The Morgan fingerprint density at radius 1 is 1.00 bits per heavy atom. The van der Waals surface area contributed by atoms with Crippen molar-refractivity contribution in [2.75, 3.05) is 0 Å². The number of rotatable bonds is 4. The molecule has 0 bridgehead atoms. The Balaban J connectivity index is 2.23. The van der Waals surface area contributed by atoms with Gasteiger partial charge in [0.15, 0.2) is 0 Å². The van der Waals surface area contributed by atoms with Crippen LogP contribution in [0.3, 0.4) is 0 Å². The molecule has 0 aromatic heterocycles. The molecule has 2 aromatic rings. The van der Waals surface area contributed by atoms with Crippen LogP contribution in [0.15, 0.2) is 48.5 Å². The van der Waals surface area contributed by atoms with Gasteiger partial charge in [-0.2, -0.15) is 0 Å². The average Bonchev–Trinajstić information content (AvgIpc) is 2.38. The number of ether oxygens (including phenoxy) is 1. The van der Waals surface area contributed by atoms with Gasteiger partial charge in [0, 0.05) is 5.02 Å². The summed E-state index contributed by atoms with van der Waals surface area (Å²) in [6.07, 6.45) is 0.155. The molecule has 0 fully saturated rings. The summed E-state index contributed by atoms with van der Waals surface area (Å²) in [7, 11) is 0. The van der Waals surface area contributed by atoms with E-state index in [1.807, 2.05) is 62.4 Å². The van der Waals surface area contributed by atoms with E-state index in [-0.39, 0.29) is 12.1 Å². The Kier molecular flexibility index (Phi) is 4.46. The summed E-state index contributed by atoms with van der Waals surface area (Å²) >= 11 is 5.88. The van der Waals surface area contributed by atoms with Gasteiger partial charge < -0.3 is 10.5 Å². The lowest BCUT2D eigenvalue weighted by atomic mass is 9.99. The first kappa shape index (κ1) is 13.9. The molecular formula is C16H18ClNO. The van der Waals surface area contributed by atoms with Gasteiger partial charge in [0.05, 0.1) is 12.1 Å². The Morgan fingerprint density at radius 2 is 1.68 bits per heavy atom. The van der Waals surface area contributed by atoms with Gasteiger partial charge in [0.25, 0.3) is 0 Å². The van der Waals surface area contributed by atoms with Gasteiger partial charge in [-0.05, 0) is 49.2 Å². The molecule has 0 heterocycles. The largest absolute Gasteiger partial charge is 0.491 e. The van der Waals surface area contributed by atoms with Crippen molar-refractivity contribution >= 4 is 11.6 Å². The van der Waals surface area contributed by atoms with Crippen LogP contribution in [-0.2, 0) is 0 Å². The first-order chi connectivity index (χ1) is 9.06. The van der Waals surface area contributed by atoms with Gasteiger partial charge in [0.2, 0.25) is 0 Å². The molecule has 3 heteroatoms. The summed E-state index contributed by atoms with van der Waals surface area (Å²) in [4.78, 5) is 0. The molecule has 1 unspecified atom stereocenters. The summed E-state index contributed by atoms with van der Waals surface area (Å²) in [5.74, 6) is 0.844. The molecule has 0 aliphatic rings. The lowest BCUT2D eigenvalue weighted by Crippen LogP contribution is -2.12. The summed E-state index contributed by atoms with van der Waals surface area (Å²) in [5, 5.41) is 0.716. The maximum atomic E-state index is 6.27. The highest BCUT2D eigenvalue weighted by atomic mass is 35.5. The van der Waals surface area contributed by atoms with Crippen LogP contribution in [0.1, 0.15) is 31.0 Å². The van der Waals surface area contributed by atoms with Crippen LogP contribution in [0, 0.1) is 0 Å². The molecule has 0 saturated carbocycles. The molecule has 0 amide bonds. The van der Waals surface area contributed by atoms with Gasteiger partial charge >= 0.3 is 0 Å². The Hall–Kier alpha value is -1.51. The SMILES string of the molecule is CC(C)Oc1cccc(C(N)c2ccc(Cl)cc2)c1. The highest BCUT2D eigenvalue weighted by Gasteiger charge is 2.10. The predicted molar refractivity (Wildman–Crippen MR) is 79.7 cm³/mol. The first-order valence-corrected chi connectivity index (χ1v) is 6.71. The zero-order chi connectivity index (χ0) is 13.8. The van der Waals surface area contributed by atoms with E-state index in [9.17, 15) is 0 Å². The number of hydrogen-bond acceptors (Lipinski definition) is 2. The Bertz CT molecular complexity index is 537. The van der Waals surface area contributed by atoms with Crippen molar-refractivity contribution in [2.24, 2.45) is 5.73 Å². The van der Waals surface area contributed by atoms with Crippen LogP contribution in [0.2, 0.25) is 5.02 Å². The van der Waals surface area contributed by atoms with Crippen LogP contribution in [0.5, 0.6) is 5.75 Å². The second kappa shape index (κ2) is 6.09. The van der Waals surface area contributed by atoms with Crippen LogP contribution in [0.25, 0.3) is 0 Å². The predicted octanol–water partition coefficient (Wildman–Crippen LogP) is 4.18. The topological polar surface area (TPSA) is 35.2 Å². The average molecular weight is 276 g/mol. The molecule has 0 aliphatic heterocycles. The molecule has 19 heavy (non-hydrogen) atoms. The molecule has 2 rings (SSSR count). The lowest BCUT2D eigenvalue weighted by molar-refractivity contribution is 0.242. The van der Waals surface area contributed by atoms with Crippen molar-refractivity contribution in [3.63, 3.8) is 0 Å². The minimum atomic E-state index is -0.173. The van der Waals surface area contributed by atoms with Gasteiger partial charge in [-0.15, -0.1) is 0 Å². The Morgan fingerprint density at radius 3 is 2.32 bits per heavy atom. The quantitative estimate of drug-likeness (QED) is 0.909. The summed E-state index contributed by atoms with van der Waals surface area (Å²) in [6.45, 7) is 4.01. The second-order valence-electron chi connectivity index (χ2n) is 4.77. The number of nitrogens with two attached hydrogens (primary N) is 1. The fraction of sp³-hybridized carbons (Fsp3) is 0.250.